The van der Waals surface area contributed by atoms with Crippen molar-refractivity contribution >= 4 is 17.8 Å². The van der Waals surface area contributed by atoms with E-state index in [1.807, 2.05) is 0 Å². The number of hydrogen-bond acceptors (Lipinski definition) is 7. The van der Waals surface area contributed by atoms with Crippen molar-refractivity contribution in [1.82, 2.24) is 4.98 Å². The fourth-order valence-corrected chi connectivity index (χ4v) is 3.17. The number of methoxy groups -OCH3 is 2. The van der Waals surface area contributed by atoms with Crippen molar-refractivity contribution in [3.63, 3.8) is 0 Å². The Bertz CT molecular complexity index is 1180. The van der Waals surface area contributed by atoms with Crippen LogP contribution in [0.15, 0.2) is 60.6 Å². The summed E-state index contributed by atoms with van der Waals surface area (Å²) >= 11 is 0. The van der Waals surface area contributed by atoms with Crippen LogP contribution in [0.3, 0.4) is 0 Å². The Morgan fingerprint density at radius 3 is 2.32 bits per heavy atom. The number of esters is 1. The smallest absolute Gasteiger partial charge is 0.343 e. The lowest BCUT2D eigenvalue weighted by Gasteiger charge is -2.11. The van der Waals surface area contributed by atoms with E-state index in [0.717, 1.165) is 5.56 Å². The molecule has 0 N–H and O–H groups in total. The molecular weight excluding hydrogens is 398 g/mol. The highest BCUT2D eigenvalue weighted by molar-refractivity contribution is 6.15. The molecule has 0 fully saturated rings. The summed E-state index contributed by atoms with van der Waals surface area (Å²) in [6.45, 7) is 1.73. The van der Waals surface area contributed by atoms with Gasteiger partial charge in [-0.25, -0.2) is 4.79 Å². The third-order valence-electron chi connectivity index (χ3n) is 4.83. The Morgan fingerprint density at radius 1 is 1.00 bits per heavy atom. The third-order valence-corrected chi connectivity index (χ3v) is 4.83. The largest absolute Gasteiger partial charge is 0.497 e. The maximum atomic E-state index is 12.7. The third kappa shape index (κ3) is 3.98. The number of carbonyl (C=O) groups is 2. The summed E-state index contributed by atoms with van der Waals surface area (Å²) in [4.78, 5) is 29.4. The van der Waals surface area contributed by atoms with Gasteiger partial charge in [-0.05, 0) is 55.0 Å². The molecular formula is C24H19NO6. The van der Waals surface area contributed by atoms with Crippen molar-refractivity contribution in [3.05, 3.63) is 82.9 Å². The zero-order valence-electron chi connectivity index (χ0n) is 17.2. The second-order valence-electron chi connectivity index (χ2n) is 6.78. The van der Waals surface area contributed by atoms with E-state index in [1.54, 1.807) is 67.9 Å². The molecule has 0 saturated carbocycles. The van der Waals surface area contributed by atoms with Gasteiger partial charge in [-0.1, -0.05) is 0 Å². The number of aromatic nitrogens is 1. The van der Waals surface area contributed by atoms with Crippen LogP contribution >= 0.6 is 0 Å². The molecule has 0 spiro atoms. The predicted octanol–water partition coefficient (Wildman–Crippen LogP) is 4.24. The summed E-state index contributed by atoms with van der Waals surface area (Å²) in [5.74, 6) is 0.990. The molecule has 31 heavy (non-hydrogen) atoms. The van der Waals surface area contributed by atoms with E-state index in [0.29, 0.717) is 34.1 Å². The minimum Gasteiger partial charge on any atom is -0.497 e. The number of nitrogens with zero attached hydrogens (tertiary/aromatic N) is 1. The standard InChI is InChI=1S/C24H19NO6/c1-14-20(31-24(27)16-11-17(28-2)13-18(12-16)29-3)5-4-19-22(26)21(30-23(14)19)10-15-6-8-25-9-7-15/h4-13H,1-3H3/b21-10-. The first kappa shape index (κ1) is 20.2. The van der Waals surface area contributed by atoms with Gasteiger partial charge < -0.3 is 18.9 Å². The van der Waals surface area contributed by atoms with Gasteiger partial charge in [0.25, 0.3) is 0 Å². The van der Waals surface area contributed by atoms with Crippen LogP contribution in [-0.2, 0) is 0 Å². The maximum absolute atomic E-state index is 12.7. The maximum Gasteiger partial charge on any atom is 0.343 e. The molecule has 0 radical (unpaired) electrons. The van der Waals surface area contributed by atoms with Crippen LogP contribution in [0, 0.1) is 6.92 Å². The number of hydrogen-bond donors (Lipinski definition) is 0. The molecule has 0 aliphatic carbocycles. The first-order chi connectivity index (χ1) is 15.0. The van der Waals surface area contributed by atoms with E-state index in [4.69, 9.17) is 18.9 Å². The van der Waals surface area contributed by atoms with Crippen LogP contribution in [0.25, 0.3) is 6.08 Å². The molecule has 2 heterocycles. The van der Waals surface area contributed by atoms with Crippen LogP contribution in [0.2, 0.25) is 0 Å². The van der Waals surface area contributed by atoms with Crippen LogP contribution in [-0.4, -0.2) is 31.0 Å². The molecule has 0 atom stereocenters. The molecule has 0 amide bonds. The number of ether oxygens (including phenoxy) is 4. The first-order valence-electron chi connectivity index (χ1n) is 9.43. The lowest BCUT2D eigenvalue weighted by atomic mass is 10.1. The molecule has 4 rings (SSSR count). The monoisotopic (exact) mass is 417 g/mol. The number of ketones is 1. The van der Waals surface area contributed by atoms with E-state index >= 15 is 0 Å². The van der Waals surface area contributed by atoms with Gasteiger partial charge in [0.2, 0.25) is 5.78 Å². The zero-order valence-corrected chi connectivity index (χ0v) is 17.2. The molecule has 7 heteroatoms. The van der Waals surface area contributed by atoms with Crippen molar-refractivity contribution in [3.8, 4) is 23.0 Å². The summed E-state index contributed by atoms with van der Waals surface area (Å²) in [6.07, 6.45) is 4.92. The summed E-state index contributed by atoms with van der Waals surface area (Å²) in [7, 11) is 3.00. The van der Waals surface area contributed by atoms with Crippen molar-refractivity contribution in [1.29, 1.82) is 0 Å². The van der Waals surface area contributed by atoms with Gasteiger partial charge in [0.05, 0.1) is 25.3 Å². The molecule has 0 unspecified atom stereocenters. The average Bonchev–Trinajstić information content (AvgIpc) is 3.11. The van der Waals surface area contributed by atoms with Crippen molar-refractivity contribution < 1.29 is 28.5 Å². The van der Waals surface area contributed by atoms with Crippen LogP contribution in [0.5, 0.6) is 23.0 Å². The van der Waals surface area contributed by atoms with Gasteiger partial charge >= 0.3 is 5.97 Å². The Balaban J connectivity index is 1.61. The van der Waals surface area contributed by atoms with Gasteiger partial charge in [-0.15, -0.1) is 0 Å². The highest BCUT2D eigenvalue weighted by atomic mass is 16.5. The first-order valence-corrected chi connectivity index (χ1v) is 9.43. The summed E-state index contributed by atoms with van der Waals surface area (Å²) in [5.41, 5.74) is 2.03. The molecule has 2 aromatic carbocycles. The van der Waals surface area contributed by atoms with Crippen molar-refractivity contribution in [2.24, 2.45) is 0 Å². The lowest BCUT2D eigenvalue weighted by Crippen LogP contribution is -2.10. The number of carbonyl (C=O) groups excluding carboxylic acids is 2. The van der Waals surface area contributed by atoms with Gasteiger partial charge in [0.15, 0.2) is 5.76 Å². The fraction of sp³-hybridized carbons (Fsp3) is 0.125. The second-order valence-corrected chi connectivity index (χ2v) is 6.78. The SMILES string of the molecule is COc1cc(OC)cc(C(=O)Oc2ccc3c(c2C)O/C(=C\c2ccncc2)C3=O)c1. The van der Waals surface area contributed by atoms with Gasteiger partial charge in [-0.2, -0.15) is 0 Å². The number of Topliss-reactive ketones (excluding diaryl/α,β-unsaturated/α-hetero) is 1. The highest BCUT2D eigenvalue weighted by Crippen LogP contribution is 2.39. The zero-order chi connectivity index (χ0) is 22.0. The Hall–Kier alpha value is -4.13. The van der Waals surface area contributed by atoms with Gasteiger partial charge in [0, 0.05) is 24.0 Å². The molecule has 1 aliphatic heterocycles. The quantitative estimate of drug-likeness (QED) is 0.349. The molecule has 3 aromatic rings. The van der Waals surface area contributed by atoms with E-state index in [2.05, 4.69) is 4.98 Å². The second kappa shape index (κ2) is 8.31. The average molecular weight is 417 g/mol. The fourth-order valence-electron chi connectivity index (χ4n) is 3.17. The van der Waals surface area contributed by atoms with E-state index < -0.39 is 5.97 Å². The number of allylic oxidation sites excluding steroid dienone is 1. The molecule has 156 valence electrons. The van der Waals surface area contributed by atoms with Crippen LogP contribution < -0.4 is 18.9 Å². The van der Waals surface area contributed by atoms with Crippen LogP contribution in [0.4, 0.5) is 0 Å². The van der Waals surface area contributed by atoms with E-state index in [9.17, 15) is 9.59 Å². The number of fused-ring (bicyclic) bond motifs is 1. The predicted molar refractivity (Wildman–Crippen MR) is 113 cm³/mol. The van der Waals surface area contributed by atoms with E-state index in [1.165, 1.54) is 14.2 Å². The van der Waals surface area contributed by atoms with Crippen molar-refractivity contribution in [2.45, 2.75) is 6.92 Å². The Labute approximate surface area is 178 Å². The number of pyridine rings is 1. The van der Waals surface area contributed by atoms with Gasteiger partial charge in [0.1, 0.15) is 23.0 Å². The molecule has 0 saturated heterocycles. The summed E-state index contributed by atoms with van der Waals surface area (Å²) < 4.78 is 21.8. The molecule has 0 bridgehead atoms. The topological polar surface area (TPSA) is 84.0 Å². The minimum absolute atomic E-state index is 0.199. The molecule has 7 nitrogen and oxygen atoms in total. The Kier molecular flexibility index (Phi) is 5.41. The van der Waals surface area contributed by atoms with Gasteiger partial charge in [-0.3, -0.25) is 9.78 Å². The minimum atomic E-state index is -0.586. The Morgan fingerprint density at radius 2 is 1.68 bits per heavy atom. The number of benzene rings is 2. The summed E-state index contributed by atoms with van der Waals surface area (Å²) in [6, 6.07) is 11.5. The normalized spacial score (nSPS) is 13.5. The van der Waals surface area contributed by atoms with Crippen molar-refractivity contribution in [2.75, 3.05) is 14.2 Å². The number of rotatable bonds is 5. The lowest BCUT2D eigenvalue weighted by molar-refractivity contribution is 0.0732. The molecule has 1 aromatic heterocycles. The van der Waals surface area contributed by atoms with E-state index in [-0.39, 0.29) is 17.1 Å². The summed E-state index contributed by atoms with van der Waals surface area (Å²) in [5, 5.41) is 0. The highest BCUT2D eigenvalue weighted by Gasteiger charge is 2.30. The van der Waals surface area contributed by atoms with Crippen LogP contribution in [0.1, 0.15) is 31.8 Å². The molecule has 1 aliphatic rings.